The Morgan fingerprint density at radius 3 is 2.72 bits per heavy atom. The van der Waals surface area contributed by atoms with Crippen LogP contribution in [0.4, 0.5) is 0 Å². The molecular weight excluding hydrogens is 450 g/mol. The number of aryl methyl sites for hydroxylation is 1. The van der Waals surface area contributed by atoms with Crippen molar-refractivity contribution in [3.63, 3.8) is 0 Å². The minimum absolute atomic E-state index is 0.0618. The maximum atomic E-state index is 13.0. The smallest absolute Gasteiger partial charge is 0.250 e. The van der Waals surface area contributed by atoms with Gasteiger partial charge in [0.15, 0.2) is 9.84 Å². The SMILES string of the molecule is CCCn1cc(-n2cc(-c3ccc(S(=O)(=O)C4CCC[C@@H](O)C4)cc3Cl)cn2)ccc1=O. The first kappa shape index (κ1) is 22.8. The predicted octanol–water partition coefficient (Wildman–Crippen LogP) is 3.84. The van der Waals surface area contributed by atoms with Gasteiger partial charge in [-0.05, 0) is 50.3 Å². The van der Waals surface area contributed by atoms with Crippen LogP contribution in [0.15, 0.2) is 58.6 Å². The van der Waals surface area contributed by atoms with E-state index in [0.717, 1.165) is 17.7 Å². The highest BCUT2D eigenvalue weighted by molar-refractivity contribution is 7.92. The van der Waals surface area contributed by atoms with E-state index in [2.05, 4.69) is 5.10 Å². The molecule has 32 heavy (non-hydrogen) atoms. The van der Waals surface area contributed by atoms with Crippen LogP contribution in [0.2, 0.25) is 5.02 Å². The van der Waals surface area contributed by atoms with Crippen LogP contribution in [0.25, 0.3) is 16.8 Å². The molecule has 0 spiro atoms. The summed E-state index contributed by atoms with van der Waals surface area (Å²) in [6.45, 7) is 2.63. The van der Waals surface area contributed by atoms with Gasteiger partial charge >= 0.3 is 0 Å². The molecule has 0 bridgehead atoms. The highest BCUT2D eigenvalue weighted by Gasteiger charge is 2.32. The molecule has 1 fully saturated rings. The van der Waals surface area contributed by atoms with E-state index in [1.54, 1.807) is 46.0 Å². The zero-order valence-corrected chi connectivity index (χ0v) is 19.4. The second-order valence-electron chi connectivity index (χ2n) is 8.22. The Hall–Kier alpha value is -2.42. The number of aliphatic hydroxyl groups is 1. The van der Waals surface area contributed by atoms with Crippen molar-refractivity contribution in [1.29, 1.82) is 0 Å². The van der Waals surface area contributed by atoms with Crippen LogP contribution in [0.5, 0.6) is 0 Å². The molecule has 0 aliphatic heterocycles. The number of aliphatic hydroxyl groups excluding tert-OH is 1. The maximum Gasteiger partial charge on any atom is 0.250 e. The van der Waals surface area contributed by atoms with Gasteiger partial charge in [0.05, 0.1) is 28.1 Å². The van der Waals surface area contributed by atoms with Crippen LogP contribution in [-0.4, -0.2) is 39.2 Å². The molecule has 0 amide bonds. The van der Waals surface area contributed by atoms with Gasteiger partial charge in [0, 0.05) is 41.2 Å². The van der Waals surface area contributed by atoms with Crippen molar-refractivity contribution in [2.75, 3.05) is 0 Å². The molecule has 1 saturated carbocycles. The van der Waals surface area contributed by atoms with Crippen molar-refractivity contribution in [3.05, 3.63) is 64.3 Å². The highest BCUT2D eigenvalue weighted by atomic mass is 35.5. The fraction of sp³-hybridized carbons (Fsp3) is 0.391. The lowest BCUT2D eigenvalue weighted by molar-refractivity contribution is 0.131. The van der Waals surface area contributed by atoms with Crippen molar-refractivity contribution >= 4 is 21.4 Å². The number of pyridine rings is 1. The van der Waals surface area contributed by atoms with Gasteiger partial charge in [0.25, 0.3) is 5.56 Å². The summed E-state index contributed by atoms with van der Waals surface area (Å²) < 4.78 is 29.3. The first-order valence-electron chi connectivity index (χ1n) is 10.8. The van der Waals surface area contributed by atoms with Gasteiger partial charge in [-0.2, -0.15) is 5.10 Å². The highest BCUT2D eigenvalue weighted by Crippen LogP contribution is 2.34. The third kappa shape index (κ3) is 4.53. The van der Waals surface area contributed by atoms with Crippen LogP contribution < -0.4 is 5.56 Å². The van der Waals surface area contributed by atoms with Gasteiger partial charge in [-0.1, -0.05) is 24.6 Å². The van der Waals surface area contributed by atoms with Crippen LogP contribution in [0.3, 0.4) is 0 Å². The number of benzene rings is 1. The van der Waals surface area contributed by atoms with Crippen molar-refractivity contribution in [3.8, 4) is 16.8 Å². The average molecular weight is 476 g/mol. The molecule has 9 heteroatoms. The number of aromatic nitrogens is 3. The van der Waals surface area contributed by atoms with Crippen molar-refractivity contribution in [2.45, 2.75) is 61.8 Å². The predicted molar refractivity (Wildman–Crippen MR) is 124 cm³/mol. The van der Waals surface area contributed by atoms with E-state index in [1.165, 1.54) is 12.1 Å². The molecule has 1 aliphatic rings. The van der Waals surface area contributed by atoms with Crippen LogP contribution in [-0.2, 0) is 16.4 Å². The number of halogens is 1. The summed E-state index contributed by atoms with van der Waals surface area (Å²) in [5.74, 6) is 0. The zero-order valence-electron chi connectivity index (χ0n) is 17.8. The van der Waals surface area contributed by atoms with Gasteiger partial charge in [-0.3, -0.25) is 4.79 Å². The summed E-state index contributed by atoms with van der Waals surface area (Å²) in [5, 5.41) is 14.0. The summed E-state index contributed by atoms with van der Waals surface area (Å²) in [5.41, 5.74) is 2.09. The van der Waals surface area contributed by atoms with Gasteiger partial charge in [-0.15, -0.1) is 0 Å². The molecule has 1 aromatic carbocycles. The van der Waals surface area contributed by atoms with Crippen LogP contribution in [0, 0.1) is 0 Å². The molecule has 1 aliphatic carbocycles. The lowest BCUT2D eigenvalue weighted by Gasteiger charge is -2.25. The first-order chi connectivity index (χ1) is 15.3. The monoisotopic (exact) mass is 475 g/mol. The Morgan fingerprint density at radius 1 is 1.19 bits per heavy atom. The normalized spacial score (nSPS) is 19.2. The molecule has 1 N–H and O–H groups in total. The largest absolute Gasteiger partial charge is 0.393 e. The van der Waals surface area contributed by atoms with Gasteiger partial charge in [0.1, 0.15) is 0 Å². The second-order valence-corrected chi connectivity index (χ2v) is 10.9. The van der Waals surface area contributed by atoms with Crippen molar-refractivity contribution in [2.24, 2.45) is 0 Å². The molecule has 170 valence electrons. The molecule has 2 heterocycles. The van der Waals surface area contributed by atoms with E-state index in [1.807, 2.05) is 6.92 Å². The number of hydrogen-bond donors (Lipinski definition) is 1. The van der Waals surface area contributed by atoms with E-state index in [0.29, 0.717) is 36.4 Å². The number of sulfone groups is 1. The van der Waals surface area contributed by atoms with E-state index in [4.69, 9.17) is 11.6 Å². The summed E-state index contributed by atoms with van der Waals surface area (Å²) in [4.78, 5) is 12.1. The lowest BCUT2D eigenvalue weighted by Crippen LogP contribution is -2.30. The minimum atomic E-state index is -3.57. The van der Waals surface area contributed by atoms with Crippen LogP contribution in [0.1, 0.15) is 39.0 Å². The molecule has 2 aromatic heterocycles. The van der Waals surface area contributed by atoms with E-state index < -0.39 is 21.2 Å². The summed E-state index contributed by atoms with van der Waals surface area (Å²) >= 11 is 6.48. The minimum Gasteiger partial charge on any atom is -0.393 e. The van der Waals surface area contributed by atoms with E-state index in [-0.39, 0.29) is 16.9 Å². The summed E-state index contributed by atoms with van der Waals surface area (Å²) in [7, 11) is -3.57. The molecule has 4 rings (SSSR count). The molecule has 0 radical (unpaired) electrons. The summed E-state index contributed by atoms with van der Waals surface area (Å²) in [6.07, 6.45) is 7.63. The van der Waals surface area contributed by atoms with Gasteiger partial charge in [-0.25, -0.2) is 13.1 Å². The van der Waals surface area contributed by atoms with Crippen molar-refractivity contribution in [1.82, 2.24) is 14.3 Å². The molecular formula is C23H26ClN3O4S. The third-order valence-electron chi connectivity index (χ3n) is 5.90. The number of nitrogens with zero attached hydrogens (tertiary/aromatic N) is 3. The molecule has 2 atom stereocenters. The van der Waals surface area contributed by atoms with E-state index >= 15 is 0 Å². The Kier molecular flexibility index (Phi) is 6.55. The topological polar surface area (TPSA) is 94.2 Å². The Labute approximate surface area is 192 Å². The Bertz CT molecular complexity index is 1280. The number of hydrogen-bond acceptors (Lipinski definition) is 5. The third-order valence-corrected chi connectivity index (χ3v) is 8.43. The standard InChI is InChI=1S/C23H26ClN3O4S/c1-2-10-26-15-17(6-9-23(26)29)27-14-16(13-25-27)21-8-7-20(12-22(21)24)32(30,31)19-5-3-4-18(28)11-19/h6-9,12-15,18-19,28H,2-5,10-11H2,1H3/t18-,19?/m1/s1. The number of rotatable bonds is 6. The fourth-order valence-electron chi connectivity index (χ4n) is 4.17. The molecule has 1 unspecified atom stereocenters. The second kappa shape index (κ2) is 9.21. The lowest BCUT2D eigenvalue weighted by atomic mass is 9.97. The molecule has 3 aromatic rings. The van der Waals surface area contributed by atoms with E-state index in [9.17, 15) is 18.3 Å². The van der Waals surface area contributed by atoms with Gasteiger partial charge < -0.3 is 9.67 Å². The Morgan fingerprint density at radius 2 is 2.00 bits per heavy atom. The first-order valence-corrected chi connectivity index (χ1v) is 12.7. The van der Waals surface area contributed by atoms with Crippen LogP contribution >= 0.6 is 11.6 Å². The molecule has 7 nitrogen and oxygen atoms in total. The maximum absolute atomic E-state index is 13.0. The molecule has 0 saturated heterocycles. The van der Waals surface area contributed by atoms with Crippen molar-refractivity contribution < 1.29 is 13.5 Å². The van der Waals surface area contributed by atoms with Gasteiger partial charge in [0.2, 0.25) is 0 Å². The Balaban J connectivity index is 1.62. The summed E-state index contributed by atoms with van der Waals surface area (Å²) in [6, 6.07) is 7.96. The average Bonchev–Trinajstić information content (AvgIpc) is 3.25. The quantitative estimate of drug-likeness (QED) is 0.584. The zero-order chi connectivity index (χ0) is 22.9. The fourth-order valence-corrected chi connectivity index (χ4v) is 6.41.